The normalized spacial score (nSPS) is 19.8. The van der Waals surface area contributed by atoms with Crippen molar-refractivity contribution in [3.63, 3.8) is 0 Å². The first kappa shape index (κ1) is 15.3. The van der Waals surface area contributed by atoms with Crippen LogP contribution in [-0.2, 0) is 4.74 Å². The van der Waals surface area contributed by atoms with E-state index in [0.29, 0.717) is 6.54 Å². The van der Waals surface area contributed by atoms with Gasteiger partial charge in [-0.3, -0.25) is 0 Å². The molecule has 1 atom stereocenters. The summed E-state index contributed by atoms with van der Waals surface area (Å²) in [6, 6.07) is 5.92. The van der Waals surface area contributed by atoms with Crippen LogP contribution in [0, 0.1) is 0 Å². The lowest BCUT2D eigenvalue weighted by atomic mass is 9.94. The monoisotopic (exact) mass is 340 g/mol. The number of pyridine rings is 1. The molecule has 0 spiro atoms. The van der Waals surface area contributed by atoms with Gasteiger partial charge in [0.15, 0.2) is 0 Å². The van der Waals surface area contributed by atoms with Crippen molar-refractivity contribution in [2.24, 2.45) is 0 Å². The Labute approximate surface area is 128 Å². The van der Waals surface area contributed by atoms with Gasteiger partial charge >= 0.3 is 6.09 Å². The van der Waals surface area contributed by atoms with Crippen LogP contribution in [0.4, 0.5) is 4.79 Å². The zero-order valence-corrected chi connectivity index (χ0v) is 13.8. The lowest BCUT2D eigenvalue weighted by Gasteiger charge is -2.33. The smallest absolute Gasteiger partial charge is 0.410 e. The van der Waals surface area contributed by atoms with Crippen LogP contribution in [-0.4, -0.2) is 34.7 Å². The molecule has 1 unspecified atom stereocenters. The van der Waals surface area contributed by atoms with Crippen LogP contribution in [0.1, 0.15) is 45.2 Å². The third-order valence-corrected chi connectivity index (χ3v) is 3.67. The minimum atomic E-state index is -0.446. The van der Waals surface area contributed by atoms with Crippen LogP contribution in [0.2, 0.25) is 0 Å². The number of carbonyl (C=O) groups excluding carboxylic acids is 1. The third kappa shape index (κ3) is 4.20. The van der Waals surface area contributed by atoms with Crippen molar-refractivity contribution in [2.75, 3.05) is 13.1 Å². The van der Waals surface area contributed by atoms with Gasteiger partial charge in [0.05, 0.1) is 0 Å². The Morgan fingerprint density at radius 3 is 2.85 bits per heavy atom. The van der Waals surface area contributed by atoms with E-state index in [1.165, 1.54) is 0 Å². The number of hydrogen-bond donors (Lipinski definition) is 0. The summed E-state index contributed by atoms with van der Waals surface area (Å²) in [7, 11) is 0. The Kier molecular flexibility index (Phi) is 4.68. The minimum Gasteiger partial charge on any atom is -0.444 e. The van der Waals surface area contributed by atoms with Crippen LogP contribution >= 0.6 is 15.9 Å². The van der Waals surface area contributed by atoms with Crippen LogP contribution < -0.4 is 0 Å². The third-order valence-electron chi connectivity index (χ3n) is 3.23. The van der Waals surface area contributed by atoms with Crippen LogP contribution in [0.15, 0.2) is 22.8 Å². The molecule has 1 amide bonds. The minimum absolute atomic E-state index is 0.225. The molecule has 4 nitrogen and oxygen atoms in total. The molecule has 0 aromatic carbocycles. The van der Waals surface area contributed by atoms with Gasteiger partial charge in [-0.25, -0.2) is 9.78 Å². The van der Waals surface area contributed by atoms with Gasteiger partial charge in [0, 0.05) is 24.7 Å². The number of carbonyl (C=O) groups is 1. The van der Waals surface area contributed by atoms with E-state index in [0.717, 1.165) is 29.7 Å². The first-order valence-electron chi connectivity index (χ1n) is 6.95. The molecule has 1 aliphatic heterocycles. The lowest BCUT2D eigenvalue weighted by Crippen LogP contribution is -2.42. The molecule has 0 saturated carbocycles. The summed E-state index contributed by atoms with van der Waals surface area (Å²) in [6.07, 6.45) is 1.82. The number of halogens is 1. The van der Waals surface area contributed by atoms with Crippen molar-refractivity contribution in [2.45, 2.75) is 45.1 Å². The predicted octanol–water partition coefficient (Wildman–Crippen LogP) is 3.96. The summed E-state index contributed by atoms with van der Waals surface area (Å²) < 4.78 is 6.28. The highest BCUT2D eigenvalue weighted by Gasteiger charge is 2.28. The second-order valence-corrected chi connectivity index (χ2v) is 6.96. The molecule has 110 valence electrons. The number of likely N-dealkylation sites (tertiary alicyclic amines) is 1. The van der Waals surface area contributed by atoms with Gasteiger partial charge in [-0.05, 0) is 61.7 Å². The Morgan fingerprint density at radius 2 is 2.20 bits per heavy atom. The van der Waals surface area contributed by atoms with E-state index in [1.54, 1.807) is 4.90 Å². The number of rotatable bonds is 1. The summed E-state index contributed by atoms with van der Waals surface area (Å²) in [5.74, 6) is 0.286. The van der Waals surface area contributed by atoms with Crippen molar-refractivity contribution >= 4 is 22.0 Å². The average molecular weight is 341 g/mol. The fourth-order valence-corrected chi connectivity index (χ4v) is 2.72. The van der Waals surface area contributed by atoms with Crippen molar-refractivity contribution in [3.8, 4) is 0 Å². The quantitative estimate of drug-likeness (QED) is 0.726. The van der Waals surface area contributed by atoms with Crippen molar-refractivity contribution in [1.82, 2.24) is 9.88 Å². The molecule has 2 heterocycles. The Bertz CT molecular complexity index is 485. The summed E-state index contributed by atoms with van der Waals surface area (Å²) in [5, 5.41) is 0. The van der Waals surface area contributed by atoms with Crippen LogP contribution in [0.5, 0.6) is 0 Å². The summed E-state index contributed by atoms with van der Waals surface area (Å²) >= 11 is 3.40. The number of piperidine rings is 1. The standard InChI is InChI=1S/C15H21BrN2O2/c1-15(2,3)20-14(19)18-9-5-6-11(10-18)12-7-4-8-13(16)17-12/h4,7-8,11H,5-6,9-10H2,1-3H3. The molecular weight excluding hydrogens is 320 g/mol. The Hall–Kier alpha value is -1.10. The highest BCUT2D eigenvalue weighted by atomic mass is 79.9. The van der Waals surface area contributed by atoms with E-state index in [9.17, 15) is 4.79 Å². The maximum absolute atomic E-state index is 12.1. The zero-order valence-electron chi connectivity index (χ0n) is 12.2. The SMILES string of the molecule is CC(C)(C)OC(=O)N1CCCC(c2cccc(Br)n2)C1. The number of aromatic nitrogens is 1. The van der Waals surface area contributed by atoms with Gasteiger partial charge in [0.25, 0.3) is 0 Å². The van der Waals surface area contributed by atoms with Gasteiger partial charge in [-0.1, -0.05) is 6.07 Å². The van der Waals surface area contributed by atoms with Crippen molar-refractivity contribution in [3.05, 3.63) is 28.5 Å². The number of amides is 1. The molecule has 0 N–H and O–H groups in total. The molecule has 0 radical (unpaired) electrons. The largest absolute Gasteiger partial charge is 0.444 e. The summed E-state index contributed by atoms with van der Waals surface area (Å²) in [6.45, 7) is 7.12. The number of hydrogen-bond acceptors (Lipinski definition) is 3. The van der Waals surface area contributed by atoms with Gasteiger partial charge in [0.2, 0.25) is 0 Å². The molecule has 1 aromatic rings. The molecule has 1 aromatic heterocycles. The van der Waals surface area contributed by atoms with E-state index in [4.69, 9.17) is 4.74 Å². The summed E-state index contributed by atoms with van der Waals surface area (Å²) in [4.78, 5) is 18.4. The van der Waals surface area contributed by atoms with Gasteiger partial charge in [-0.2, -0.15) is 0 Å². The van der Waals surface area contributed by atoms with Crippen molar-refractivity contribution in [1.29, 1.82) is 0 Å². The first-order valence-corrected chi connectivity index (χ1v) is 7.75. The van der Waals surface area contributed by atoms with Crippen LogP contribution in [0.25, 0.3) is 0 Å². The first-order chi connectivity index (χ1) is 9.35. The Balaban J connectivity index is 2.03. The van der Waals surface area contributed by atoms with Gasteiger partial charge in [0.1, 0.15) is 10.2 Å². The molecule has 5 heteroatoms. The van der Waals surface area contributed by atoms with E-state index in [-0.39, 0.29) is 12.0 Å². The van der Waals surface area contributed by atoms with Crippen LogP contribution in [0.3, 0.4) is 0 Å². The topological polar surface area (TPSA) is 42.4 Å². The molecule has 1 saturated heterocycles. The fraction of sp³-hybridized carbons (Fsp3) is 0.600. The molecule has 2 rings (SSSR count). The molecule has 0 aliphatic carbocycles. The predicted molar refractivity (Wildman–Crippen MR) is 81.7 cm³/mol. The van der Waals surface area contributed by atoms with Gasteiger partial charge in [-0.15, -0.1) is 0 Å². The Morgan fingerprint density at radius 1 is 1.45 bits per heavy atom. The molecule has 1 aliphatic rings. The van der Waals surface area contributed by atoms with E-state index < -0.39 is 5.60 Å². The van der Waals surface area contributed by atoms with Gasteiger partial charge < -0.3 is 9.64 Å². The molecular formula is C15H21BrN2O2. The fourth-order valence-electron chi connectivity index (χ4n) is 2.36. The second kappa shape index (κ2) is 6.12. The second-order valence-electron chi connectivity index (χ2n) is 6.15. The molecule has 0 bridgehead atoms. The van der Waals surface area contributed by atoms with E-state index in [1.807, 2.05) is 39.0 Å². The van der Waals surface area contributed by atoms with E-state index in [2.05, 4.69) is 20.9 Å². The molecule has 1 fully saturated rings. The highest BCUT2D eigenvalue weighted by molar-refractivity contribution is 9.10. The number of nitrogens with zero attached hydrogens (tertiary/aromatic N) is 2. The van der Waals surface area contributed by atoms with E-state index >= 15 is 0 Å². The molecule has 20 heavy (non-hydrogen) atoms. The lowest BCUT2D eigenvalue weighted by molar-refractivity contribution is 0.0197. The van der Waals surface area contributed by atoms with Crippen molar-refractivity contribution < 1.29 is 9.53 Å². The maximum Gasteiger partial charge on any atom is 0.410 e. The number of ether oxygens (including phenoxy) is 1. The highest BCUT2D eigenvalue weighted by Crippen LogP contribution is 2.27. The summed E-state index contributed by atoms with van der Waals surface area (Å²) in [5.41, 5.74) is 0.588. The zero-order chi connectivity index (χ0) is 14.8. The maximum atomic E-state index is 12.1. The average Bonchev–Trinajstić information content (AvgIpc) is 2.37.